The second-order valence-electron chi connectivity index (χ2n) is 6.05. The number of thiazole rings is 1. The molecule has 1 aliphatic rings. The summed E-state index contributed by atoms with van der Waals surface area (Å²) in [5.41, 5.74) is 2.56. The number of nitrogens with zero attached hydrogens (tertiary/aromatic N) is 1. The summed E-state index contributed by atoms with van der Waals surface area (Å²) in [5, 5.41) is 3.79. The van der Waals surface area contributed by atoms with Gasteiger partial charge in [-0.3, -0.25) is 4.79 Å². The number of ether oxygens (including phenoxy) is 3. The lowest BCUT2D eigenvalue weighted by Gasteiger charge is -2.05. The van der Waals surface area contributed by atoms with E-state index in [-0.39, 0.29) is 19.1 Å². The summed E-state index contributed by atoms with van der Waals surface area (Å²) >= 11 is 1.53. The van der Waals surface area contributed by atoms with Crippen LogP contribution in [0.15, 0.2) is 42.5 Å². The highest BCUT2D eigenvalue weighted by atomic mass is 32.1. The molecule has 0 radical (unpaired) electrons. The van der Waals surface area contributed by atoms with Crippen LogP contribution in [0, 0.1) is 6.92 Å². The SMILES string of the molecule is COc1ccc(-c2nc(C)c(CC(=O)Nc3ccc4c(c3)OCO4)s2)cc1. The number of fused-ring (bicyclic) bond motifs is 1. The summed E-state index contributed by atoms with van der Waals surface area (Å²) in [6.07, 6.45) is 0.272. The summed E-state index contributed by atoms with van der Waals surface area (Å²) < 4.78 is 15.8. The van der Waals surface area contributed by atoms with Crippen LogP contribution >= 0.6 is 11.3 Å². The highest BCUT2D eigenvalue weighted by molar-refractivity contribution is 7.15. The molecule has 0 unspecified atom stereocenters. The van der Waals surface area contributed by atoms with Gasteiger partial charge in [0.05, 0.1) is 19.2 Å². The van der Waals surface area contributed by atoms with Gasteiger partial charge in [-0.1, -0.05) is 0 Å². The Kier molecular flexibility index (Phi) is 4.68. The third-order valence-corrected chi connectivity index (χ3v) is 5.41. The molecule has 138 valence electrons. The van der Waals surface area contributed by atoms with E-state index in [1.54, 1.807) is 25.3 Å². The zero-order valence-electron chi connectivity index (χ0n) is 14.9. The average molecular weight is 382 g/mol. The Labute approximate surface area is 160 Å². The minimum absolute atomic E-state index is 0.0955. The second kappa shape index (κ2) is 7.28. The number of aryl methyl sites for hydroxylation is 1. The van der Waals surface area contributed by atoms with Gasteiger partial charge in [0.15, 0.2) is 11.5 Å². The Bertz CT molecular complexity index is 982. The van der Waals surface area contributed by atoms with Gasteiger partial charge < -0.3 is 19.5 Å². The number of carbonyl (C=O) groups is 1. The zero-order valence-corrected chi connectivity index (χ0v) is 15.8. The number of aromatic nitrogens is 1. The minimum Gasteiger partial charge on any atom is -0.497 e. The number of hydrogen-bond acceptors (Lipinski definition) is 6. The number of nitrogens with one attached hydrogen (secondary N) is 1. The molecule has 2 aromatic carbocycles. The molecule has 0 atom stereocenters. The molecule has 4 rings (SSSR count). The van der Waals surface area contributed by atoms with Crippen molar-refractivity contribution in [3.05, 3.63) is 53.0 Å². The molecule has 0 saturated carbocycles. The molecule has 27 heavy (non-hydrogen) atoms. The molecule has 0 aliphatic carbocycles. The Hall–Kier alpha value is -3.06. The van der Waals surface area contributed by atoms with E-state index in [1.165, 1.54) is 11.3 Å². The Balaban J connectivity index is 1.45. The van der Waals surface area contributed by atoms with E-state index in [1.807, 2.05) is 31.2 Å². The van der Waals surface area contributed by atoms with Crippen molar-refractivity contribution in [1.29, 1.82) is 0 Å². The lowest BCUT2D eigenvalue weighted by atomic mass is 10.2. The van der Waals surface area contributed by atoms with E-state index in [0.29, 0.717) is 17.2 Å². The first-order chi connectivity index (χ1) is 13.1. The van der Waals surface area contributed by atoms with E-state index in [2.05, 4.69) is 10.3 Å². The fourth-order valence-electron chi connectivity index (χ4n) is 2.77. The number of benzene rings is 2. The molecule has 1 aromatic heterocycles. The molecule has 2 heterocycles. The predicted octanol–water partition coefficient (Wildman–Crippen LogP) is 4.04. The lowest BCUT2D eigenvalue weighted by Crippen LogP contribution is -2.14. The summed E-state index contributed by atoms with van der Waals surface area (Å²) in [6.45, 7) is 2.13. The van der Waals surface area contributed by atoms with Crippen LogP contribution in [0.1, 0.15) is 10.6 Å². The maximum absolute atomic E-state index is 12.4. The highest BCUT2D eigenvalue weighted by Crippen LogP contribution is 2.34. The molecule has 6 nitrogen and oxygen atoms in total. The van der Waals surface area contributed by atoms with E-state index in [0.717, 1.165) is 26.9 Å². The van der Waals surface area contributed by atoms with E-state index in [9.17, 15) is 4.79 Å². The predicted molar refractivity (Wildman–Crippen MR) is 104 cm³/mol. The molecule has 0 fully saturated rings. The second-order valence-corrected chi connectivity index (χ2v) is 7.13. The first-order valence-electron chi connectivity index (χ1n) is 8.42. The summed E-state index contributed by atoms with van der Waals surface area (Å²) in [4.78, 5) is 18.0. The van der Waals surface area contributed by atoms with Crippen molar-refractivity contribution in [3.63, 3.8) is 0 Å². The molecule has 1 aliphatic heterocycles. The third kappa shape index (κ3) is 3.73. The Morgan fingerprint density at radius 3 is 2.74 bits per heavy atom. The van der Waals surface area contributed by atoms with Crippen LogP contribution in [0.5, 0.6) is 17.2 Å². The van der Waals surface area contributed by atoms with E-state index in [4.69, 9.17) is 14.2 Å². The number of hydrogen-bond donors (Lipinski definition) is 1. The Morgan fingerprint density at radius 2 is 1.96 bits per heavy atom. The number of anilines is 1. The van der Waals surface area contributed by atoms with Gasteiger partial charge in [-0.05, 0) is 43.3 Å². The monoisotopic (exact) mass is 382 g/mol. The van der Waals surface area contributed by atoms with Crippen LogP contribution in [0.25, 0.3) is 10.6 Å². The van der Waals surface area contributed by atoms with E-state index >= 15 is 0 Å². The molecule has 1 amide bonds. The molecular formula is C20H18N2O4S. The quantitative estimate of drug-likeness (QED) is 0.721. The van der Waals surface area contributed by atoms with Crippen molar-refractivity contribution >= 4 is 22.9 Å². The van der Waals surface area contributed by atoms with Crippen molar-refractivity contribution in [2.45, 2.75) is 13.3 Å². The lowest BCUT2D eigenvalue weighted by molar-refractivity contribution is -0.115. The van der Waals surface area contributed by atoms with Crippen molar-refractivity contribution in [3.8, 4) is 27.8 Å². The van der Waals surface area contributed by atoms with Gasteiger partial charge in [0.1, 0.15) is 10.8 Å². The first kappa shape index (κ1) is 17.4. The van der Waals surface area contributed by atoms with Crippen LogP contribution in [0.4, 0.5) is 5.69 Å². The molecule has 7 heteroatoms. The van der Waals surface area contributed by atoms with Crippen LogP contribution in [0.2, 0.25) is 0 Å². The summed E-state index contributed by atoms with van der Waals surface area (Å²) in [5.74, 6) is 2.04. The zero-order chi connectivity index (χ0) is 18.8. The van der Waals surface area contributed by atoms with Gasteiger partial charge >= 0.3 is 0 Å². The third-order valence-electron chi connectivity index (χ3n) is 4.21. The van der Waals surface area contributed by atoms with Crippen molar-refractivity contribution in [2.24, 2.45) is 0 Å². The summed E-state index contributed by atoms with van der Waals surface area (Å²) in [6, 6.07) is 13.1. The van der Waals surface area contributed by atoms with Crippen molar-refractivity contribution in [2.75, 3.05) is 19.2 Å². The standard InChI is InChI=1S/C20H18N2O4S/c1-12-18(27-20(21-12)13-3-6-15(24-2)7-4-13)10-19(23)22-14-5-8-16-17(9-14)26-11-25-16/h3-9H,10-11H2,1-2H3,(H,22,23). The van der Waals surface area contributed by atoms with Crippen molar-refractivity contribution < 1.29 is 19.0 Å². The molecule has 0 spiro atoms. The fraction of sp³-hybridized carbons (Fsp3) is 0.200. The average Bonchev–Trinajstić information content (AvgIpc) is 3.28. The van der Waals surface area contributed by atoms with Gasteiger partial charge in [-0.2, -0.15) is 0 Å². The van der Waals surface area contributed by atoms with Crippen LogP contribution in [-0.4, -0.2) is 24.8 Å². The van der Waals surface area contributed by atoms with Crippen LogP contribution in [0.3, 0.4) is 0 Å². The molecule has 1 N–H and O–H groups in total. The van der Waals surface area contributed by atoms with E-state index < -0.39 is 0 Å². The number of carbonyl (C=O) groups excluding carboxylic acids is 1. The fourth-order valence-corrected chi connectivity index (χ4v) is 3.84. The van der Waals surface area contributed by atoms with Gasteiger partial charge in [-0.25, -0.2) is 4.98 Å². The number of amides is 1. The van der Waals surface area contributed by atoms with Crippen LogP contribution in [-0.2, 0) is 11.2 Å². The minimum atomic E-state index is -0.0955. The summed E-state index contributed by atoms with van der Waals surface area (Å²) in [7, 11) is 1.64. The molecular weight excluding hydrogens is 364 g/mol. The first-order valence-corrected chi connectivity index (χ1v) is 9.24. The smallest absolute Gasteiger partial charge is 0.231 e. The Morgan fingerprint density at radius 1 is 1.19 bits per heavy atom. The molecule has 0 saturated heterocycles. The normalized spacial score (nSPS) is 12.1. The molecule has 3 aromatic rings. The largest absolute Gasteiger partial charge is 0.497 e. The maximum Gasteiger partial charge on any atom is 0.231 e. The maximum atomic E-state index is 12.4. The topological polar surface area (TPSA) is 69.7 Å². The number of rotatable bonds is 5. The van der Waals surface area contributed by atoms with Gasteiger partial charge in [-0.15, -0.1) is 11.3 Å². The number of methoxy groups -OCH3 is 1. The van der Waals surface area contributed by atoms with Crippen LogP contribution < -0.4 is 19.5 Å². The van der Waals surface area contributed by atoms with Crippen molar-refractivity contribution in [1.82, 2.24) is 4.98 Å². The molecule has 0 bridgehead atoms. The van der Waals surface area contributed by atoms with Gasteiger partial charge in [0, 0.05) is 22.2 Å². The van der Waals surface area contributed by atoms with Gasteiger partial charge in [0.2, 0.25) is 12.7 Å². The van der Waals surface area contributed by atoms with Gasteiger partial charge in [0.25, 0.3) is 0 Å². The highest BCUT2D eigenvalue weighted by Gasteiger charge is 2.16.